The number of rotatable bonds is 3. The van der Waals surface area contributed by atoms with Crippen LogP contribution in [0.3, 0.4) is 0 Å². The predicted octanol–water partition coefficient (Wildman–Crippen LogP) is 2.94. The summed E-state index contributed by atoms with van der Waals surface area (Å²) in [5, 5.41) is 9.59. The Morgan fingerprint density at radius 2 is 2.29 bits per heavy atom. The molecule has 7 heteroatoms. The molecule has 0 fully saturated rings. The SMILES string of the molecule is Cn1ccnc1-c1cc(NC(=O)C2CCCc3sccc32)n(C)n1. The molecule has 6 nitrogen and oxygen atoms in total. The van der Waals surface area contributed by atoms with Gasteiger partial charge in [0.2, 0.25) is 5.91 Å². The summed E-state index contributed by atoms with van der Waals surface area (Å²) in [6, 6.07) is 3.96. The Hall–Kier alpha value is -2.41. The van der Waals surface area contributed by atoms with Crippen molar-refractivity contribution in [2.75, 3.05) is 5.32 Å². The van der Waals surface area contributed by atoms with E-state index in [4.69, 9.17) is 0 Å². The zero-order valence-electron chi connectivity index (χ0n) is 13.7. The molecule has 3 aromatic rings. The second-order valence-corrected chi connectivity index (χ2v) is 7.13. The maximum atomic E-state index is 12.8. The minimum Gasteiger partial charge on any atom is -0.333 e. The van der Waals surface area contributed by atoms with Crippen LogP contribution in [0.4, 0.5) is 5.82 Å². The van der Waals surface area contributed by atoms with E-state index in [2.05, 4.69) is 26.8 Å². The summed E-state index contributed by atoms with van der Waals surface area (Å²) >= 11 is 1.75. The molecule has 3 aromatic heterocycles. The van der Waals surface area contributed by atoms with Crippen LogP contribution >= 0.6 is 11.3 Å². The van der Waals surface area contributed by atoms with Crippen molar-refractivity contribution in [3.05, 3.63) is 40.3 Å². The molecule has 1 atom stereocenters. The number of hydrogen-bond donors (Lipinski definition) is 1. The Morgan fingerprint density at radius 1 is 1.42 bits per heavy atom. The second kappa shape index (κ2) is 5.90. The van der Waals surface area contributed by atoms with Crippen LogP contribution in [0, 0.1) is 0 Å². The van der Waals surface area contributed by atoms with Gasteiger partial charge in [0.25, 0.3) is 0 Å². The van der Waals surface area contributed by atoms with Crippen LogP contribution in [0.5, 0.6) is 0 Å². The fourth-order valence-electron chi connectivity index (χ4n) is 3.28. The van der Waals surface area contributed by atoms with Gasteiger partial charge < -0.3 is 9.88 Å². The first-order valence-corrected chi connectivity index (χ1v) is 8.90. The summed E-state index contributed by atoms with van der Waals surface area (Å²) in [7, 11) is 3.76. The number of amides is 1. The molecular formula is C17H19N5OS. The minimum atomic E-state index is -0.0634. The van der Waals surface area contributed by atoms with E-state index in [1.54, 1.807) is 22.2 Å². The number of carbonyl (C=O) groups is 1. The van der Waals surface area contributed by atoms with Crippen LogP contribution in [0.25, 0.3) is 11.5 Å². The summed E-state index contributed by atoms with van der Waals surface area (Å²) < 4.78 is 3.60. The van der Waals surface area contributed by atoms with Gasteiger partial charge in [-0.25, -0.2) is 4.98 Å². The topological polar surface area (TPSA) is 64.7 Å². The Bertz CT molecular complexity index is 891. The molecule has 1 aliphatic carbocycles. The van der Waals surface area contributed by atoms with Crippen molar-refractivity contribution in [1.82, 2.24) is 19.3 Å². The Kier molecular flexibility index (Phi) is 3.72. The number of hydrogen-bond acceptors (Lipinski definition) is 4. The zero-order valence-corrected chi connectivity index (χ0v) is 14.5. The third-order valence-corrected chi connectivity index (χ3v) is 5.55. The Balaban J connectivity index is 1.57. The van der Waals surface area contributed by atoms with Gasteiger partial charge in [0.1, 0.15) is 11.5 Å². The molecule has 0 bridgehead atoms. The Morgan fingerprint density at radius 3 is 3.08 bits per heavy atom. The molecule has 3 heterocycles. The standard InChI is InChI=1S/C17H19N5OS/c1-21-8-7-18-16(21)13-10-15(22(2)20-13)19-17(23)12-4-3-5-14-11(12)6-9-24-14/h6-10,12H,3-5H2,1-2H3,(H,19,23). The van der Waals surface area contributed by atoms with E-state index in [0.29, 0.717) is 5.82 Å². The number of thiophene rings is 1. The van der Waals surface area contributed by atoms with Crippen LogP contribution < -0.4 is 5.32 Å². The van der Waals surface area contributed by atoms with Gasteiger partial charge in [-0.2, -0.15) is 5.10 Å². The number of aromatic nitrogens is 4. The molecule has 0 saturated carbocycles. The van der Waals surface area contributed by atoms with Gasteiger partial charge in [-0.05, 0) is 36.3 Å². The number of carbonyl (C=O) groups excluding carboxylic acids is 1. The van der Waals surface area contributed by atoms with Crippen molar-refractivity contribution < 1.29 is 4.79 Å². The van der Waals surface area contributed by atoms with Crippen molar-refractivity contribution in [3.63, 3.8) is 0 Å². The lowest BCUT2D eigenvalue weighted by Crippen LogP contribution is -2.24. The van der Waals surface area contributed by atoms with Gasteiger partial charge in [-0.15, -0.1) is 11.3 Å². The number of nitrogens with one attached hydrogen (secondary N) is 1. The Labute approximate surface area is 144 Å². The molecule has 0 saturated heterocycles. The van der Waals surface area contributed by atoms with E-state index in [9.17, 15) is 4.79 Å². The lowest BCUT2D eigenvalue weighted by molar-refractivity contribution is -0.117. The molecule has 0 spiro atoms. The number of imidazole rings is 1. The molecule has 1 aliphatic rings. The highest BCUT2D eigenvalue weighted by Crippen LogP contribution is 2.35. The van der Waals surface area contributed by atoms with Crippen LogP contribution in [0.1, 0.15) is 29.2 Å². The first-order chi connectivity index (χ1) is 11.6. The number of aryl methyl sites for hydroxylation is 3. The van der Waals surface area contributed by atoms with Gasteiger partial charge in [-0.1, -0.05) is 0 Å². The predicted molar refractivity (Wildman–Crippen MR) is 94.0 cm³/mol. The van der Waals surface area contributed by atoms with E-state index >= 15 is 0 Å². The maximum Gasteiger partial charge on any atom is 0.233 e. The largest absolute Gasteiger partial charge is 0.333 e. The third kappa shape index (κ3) is 2.54. The summed E-state index contributed by atoms with van der Waals surface area (Å²) in [6.07, 6.45) is 6.67. The van der Waals surface area contributed by atoms with E-state index in [1.165, 1.54) is 10.4 Å². The van der Waals surface area contributed by atoms with Crippen molar-refractivity contribution in [2.24, 2.45) is 14.1 Å². The molecule has 1 amide bonds. The third-order valence-electron chi connectivity index (χ3n) is 4.55. The highest BCUT2D eigenvalue weighted by atomic mass is 32.1. The normalized spacial score (nSPS) is 16.8. The molecule has 4 rings (SSSR count). The van der Waals surface area contributed by atoms with E-state index in [-0.39, 0.29) is 11.8 Å². The number of fused-ring (bicyclic) bond motifs is 1. The molecule has 1 unspecified atom stereocenters. The molecule has 0 aromatic carbocycles. The molecular weight excluding hydrogens is 322 g/mol. The lowest BCUT2D eigenvalue weighted by Gasteiger charge is -2.21. The summed E-state index contributed by atoms with van der Waals surface area (Å²) in [5.41, 5.74) is 1.94. The van der Waals surface area contributed by atoms with Crippen LogP contribution in [-0.2, 0) is 25.3 Å². The van der Waals surface area contributed by atoms with Crippen LogP contribution in [0.2, 0.25) is 0 Å². The van der Waals surface area contributed by atoms with E-state index in [0.717, 1.165) is 30.8 Å². The molecule has 124 valence electrons. The fourth-order valence-corrected chi connectivity index (χ4v) is 4.27. The van der Waals surface area contributed by atoms with Crippen molar-refractivity contribution in [1.29, 1.82) is 0 Å². The first-order valence-electron chi connectivity index (χ1n) is 8.02. The van der Waals surface area contributed by atoms with Gasteiger partial charge in [-0.3, -0.25) is 9.48 Å². The molecule has 24 heavy (non-hydrogen) atoms. The smallest absolute Gasteiger partial charge is 0.233 e. The zero-order chi connectivity index (χ0) is 16.7. The van der Waals surface area contributed by atoms with Crippen molar-refractivity contribution in [3.8, 4) is 11.5 Å². The monoisotopic (exact) mass is 341 g/mol. The van der Waals surface area contributed by atoms with Crippen molar-refractivity contribution in [2.45, 2.75) is 25.2 Å². The maximum absolute atomic E-state index is 12.8. The molecule has 1 N–H and O–H groups in total. The molecule has 0 radical (unpaired) electrons. The number of anilines is 1. The van der Waals surface area contributed by atoms with Gasteiger partial charge >= 0.3 is 0 Å². The highest BCUT2D eigenvalue weighted by Gasteiger charge is 2.28. The summed E-state index contributed by atoms with van der Waals surface area (Å²) in [6.45, 7) is 0. The average molecular weight is 341 g/mol. The summed E-state index contributed by atoms with van der Waals surface area (Å²) in [4.78, 5) is 18.4. The second-order valence-electron chi connectivity index (χ2n) is 6.13. The average Bonchev–Trinajstić information content (AvgIpc) is 3.27. The first kappa shape index (κ1) is 15.1. The quantitative estimate of drug-likeness (QED) is 0.796. The minimum absolute atomic E-state index is 0.0451. The highest BCUT2D eigenvalue weighted by molar-refractivity contribution is 7.10. The van der Waals surface area contributed by atoms with E-state index < -0.39 is 0 Å². The lowest BCUT2D eigenvalue weighted by atomic mass is 9.87. The fraction of sp³-hybridized carbons (Fsp3) is 0.353. The van der Waals surface area contributed by atoms with Gasteiger partial charge in [0, 0.05) is 37.4 Å². The van der Waals surface area contributed by atoms with E-state index in [1.807, 2.05) is 30.9 Å². The van der Waals surface area contributed by atoms with Crippen LogP contribution in [0.15, 0.2) is 29.9 Å². The van der Waals surface area contributed by atoms with Crippen LogP contribution in [-0.4, -0.2) is 25.2 Å². The van der Waals surface area contributed by atoms with Crippen molar-refractivity contribution >= 4 is 23.1 Å². The van der Waals surface area contributed by atoms with Gasteiger partial charge in [0.05, 0.1) is 5.92 Å². The van der Waals surface area contributed by atoms with Gasteiger partial charge in [0.15, 0.2) is 5.82 Å². The summed E-state index contributed by atoms with van der Waals surface area (Å²) in [5.74, 6) is 1.46. The molecule has 0 aliphatic heterocycles. The number of nitrogens with zero attached hydrogens (tertiary/aromatic N) is 4.